The molecule has 0 fully saturated rings. The third-order valence-corrected chi connectivity index (χ3v) is 3.42. The van der Waals surface area contributed by atoms with E-state index in [2.05, 4.69) is 38.1 Å². The summed E-state index contributed by atoms with van der Waals surface area (Å²) in [6, 6.07) is 18.4. The molecule has 20 heavy (non-hydrogen) atoms. The second-order valence-electron chi connectivity index (χ2n) is 5.03. The number of para-hydroxylation sites is 1. The highest BCUT2D eigenvalue weighted by atomic mass is 16.5. The summed E-state index contributed by atoms with van der Waals surface area (Å²) < 4.78 is 5.79. The van der Waals surface area contributed by atoms with Gasteiger partial charge in [-0.2, -0.15) is 0 Å². The fourth-order valence-electron chi connectivity index (χ4n) is 2.17. The molecule has 1 unspecified atom stereocenters. The van der Waals surface area contributed by atoms with Gasteiger partial charge in [0.2, 0.25) is 0 Å². The minimum atomic E-state index is 0. The molecule has 0 radical (unpaired) electrons. The summed E-state index contributed by atoms with van der Waals surface area (Å²) >= 11 is 0. The number of hydrogen-bond acceptors (Lipinski definition) is 2. The molecule has 0 aliphatic carbocycles. The molecule has 0 spiro atoms. The van der Waals surface area contributed by atoms with E-state index in [4.69, 9.17) is 4.74 Å². The van der Waals surface area contributed by atoms with Gasteiger partial charge in [0.05, 0.1) is 0 Å². The molecule has 2 nitrogen and oxygen atoms in total. The van der Waals surface area contributed by atoms with Gasteiger partial charge in [-0.1, -0.05) is 57.0 Å². The van der Waals surface area contributed by atoms with Crippen molar-refractivity contribution in [3.63, 3.8) is 0 Å². The van der Waals surface area contributed by atoms with Crippen molar-refractivity contribution in [1.82, 2.24) is 6.15 Å². The summed E-state index contributed by atoms with van der Waals surface area (Å²) in [7, 11) is 0. The first-order valence-electron chi connectivity index (χ1n) is 7.12. The first kappa shape index (κ1) is 16.3. The van der Waals surface area contributed by atoms with Crippen molar-refractivity contribution in [3.05, 3.63) is 60.2 Å². The third-order valence-electron chi connectivity index (χ3n) is 3.42. The Labute approximate surface area is 122 Å². The van der Waals surface area contributed by atoms with Gasteiger partial charge in [-0.05, 0) is 42.2 Å². The highest BCUT2D eigenvalue weighted by Crippen LogP contribution is 2.26. The molecule has 1 atom stereocenters. The fourth-order valence-corrected chi connectivity index (χ4v) is 2.17. The highest BCUT2D eigenvalue weighted by Gasteiger charge is 2.05. The van der Waals surface area contributed by atoms with Crippen LogP contribution >= 0.6 is 0 Å². The van der Waals surface area contributed by atoms with Crippen molar-refractivity contribution in [3.8, 4) is 11.5 Å². The molecular weight excluding hydrogens is 246 g/mol. The lowest BCUT2D eigenvalue weighted by Gasteiger charge is -2.12. The molecule has 0 aromatic heterocycles. The highest BCUT2D eigenvalue weighted by molar-refractivity contribution is 5.33. The van der Waals surface area contributed by atoms with E-state index in [0.717, 1.165) is 11.5 Å². The molecule has 2 aromatic carbocycles. The molecule has 0 bridgehead atoms. The quantitative estimate of drug-likeness (QED) is 0.707. The van der Waals surface area contributed by atoms with Crippen LogP contribution in [0.4, 0.5) is 0 Å². The van der Waals surface area contributed by atoms with Gasteiger partial charge in [0.1, 0.15) is 11.5 Å². The van der Waals surface area contributed by atoms with Crippen LogP contribution in [0.25, 0.3) is 0 Å². The van der Waals surface area contributed by atoms with E-state index in [1.54, 1.807) is 0 Å². The second kappa shape index (κ2) is 8.39. The van der Waals surface area contributed by atoms with Gasteiger partial charge in [-0.15, -0.1) is 0 Å². The summed E-state index contributed by atoms with van der Waals surface area (Å²) in [5.41, 5.74) is 1.40. The SMILES string of the molecule is CCCCC(C)c1ccc(Oc2ccccc2)cc1.N. The van der Waals surface area contributed by atoms with Crippen LogP contribution in [0.15, 0.2) is 54.6 Å². The van der Waals surface area contributed by atoms with Crippen LogP contribution in [0.5, 0.6) is 11.5 Å². The Balaban J connectivity index is 0.00000200. The third kappa shape index (κ3) is 4.71. The zero-order valence-electron chi connectivity index (χ0n) is 12.5. The number of ether oxygens (including phenoxy) is 1. The van der Waals surface area contributed by atoms with Crippen LogP contribution in [0.2, 0.25) is 0 Å². The normalized spacial score (nSPS) is 11.5. The molecule has 3 N–H and O–H groups in total. The lowest BCUT2D eigenvalue weighted by atomic mass is 9.96. The zero-order chi connectivity index (χ0) is 13.5. The van der Waals surface area contributed by atoms with Crippen molar-refractivity contribution in [2.24, 2.45) is 0 Å². The molecule has 2 aromatic rings. The van der Waals surface area contributed by atoms with Gasteiger partial charge in [-0.3, -0.25) is 0 Å². The maximum Gasteiger partial charge on any atom is 0.127 e. The lowest BCUT2D eigenvalue weighted by molar-refractivity contribution is 0.482. The molecule has 2 heteroatoms. The summed E-state index contributed by atoms with van der Waals surface area (Å²) in [5, 5.41) is 0. The minimum Gasteiger partial charge on any atom is -0.457 e. The molecule has 0 amide bonds. The Bertz CT molecular complexity index is 479. The van der Waals surface area contributed by atoms with Crippen LogP contribution in [-0.2, 0) is 0 Å². The largest absolute Gasteiger partial charge is 0.457 e. The smallest absolute Gasteiger partial charge is 0.127 e. The number of rotatable bonds is 6. The standard InChI is InChI=1S/C18H22O.H3N/c1-3-4-8-15(2)16-11-13-18(14-12-16)19-17-9-6-5-7-10-17;/h5-7,9-15H,3-4,8H2,1-2H3;1H3. The van der Waals surface area contributed by atoms with Gasteiger partial charge in [0.25, 0.3) is 0 Å². The van der Waals surface area contributed by atoms with Crippen LogP contribution in [0.3, 0.4) is 0 Å². The number of hydrogen-bond donors (Lipinski definition) is 1. The van der Waals surface area contributed by atoms with Gasteiger partial charge in [0, 0.05) is 0 Å². The summed E-state index contributed by atoms with van der Waals surface area (Å²) in [6.45, 7) is 4.53. The topological polar surface area (TPSA) is 44.2 Å². The second-order valence-corrected chi connectivity index (χ2v) is 5.03. The molecule has 0 heterocycles. The molecule has 0 aliphatic heterocycles. The van der Waals surface area contributed by atoms with Crippen molar-refractivity contribution >= 4 is 0 Å². The van der Waals surface area contributed by atoms with Gasteiger partial charge < -0.3 is 10.9 Å². The Hall–Kier alpha value is -1.80. The Kier molecular flexibility index (Phi) is 6.82. The molecule has 0 aliphatic rings. The van der Waals surface area contributed by atoms with E-state index < -0.39 is 0 Å². The van der Waals surface area contributed by atoms with E-state index in [9.17, 15) is 0 Å². The molecule has 0 saturated carbocycles. The van der Waals surface area contributed by atoms with Crippen LogP contribution in [0.1, 0.15) is 44.6 Å². The predicted octanol–water partition coefficient (Wildman–Crippen LogP) is 5.93. The molecule has 0 saturated heterocycles. The Morgan fingerprint density at radius 2 is 1.50 bits per heavy atom. The van der Waals surface area contributed by atoms with Crippen molar-refractivity contribution < 1.29 is 4.74 Å². The van der Waals surface area contributed by atoms with E-state index in [1.807, 2.05) is 30.3 Å². The van der Waals surface area contributed by atoms with Crippen LogP contribution < -0.4 is 10.9 Å². The Morgan fingerprint density at radius 3 is 2.10 bits per heavy atom. The van der Waals surface area contributed by atoms with E-state index in [-0.39, 0.29) is 6.15 Å². The van der Waals surface area contributed by atoms with Crippen molar-refractivity contribution in [2.45, 2.75) is 39.0 Å². The number of benzene rings is 2. The van der Waals surface area contributed by atoms with Crippen molar-refractivity contribution in [2.75, 3.05) is 0 Å². The summed E-state index contributed by atoms with van der Waals surface area (Å²) in [6.07, 6.45) is 3.82. The maximum absolute atomic E-state index is 5.79. The first-order chi connectivity index (χ1) is 9.29. The van der Waals surface area contributed by atoms with Crippen LogP contribution in [-0.4, -0.2) is 0 Å². The van der Waals surface area contributed by atoms with Gasteiger partial charge in [-0.25, -0.2) is 0 Å². The average Bonchev–Trinajstić information content (AvgIpc) is 2.46. The van der Waals surface area contributed by atoms with E-state index >= 15 is 0 Å². The Morgan fingerprint density at radius 1 is 0.900 bits per heavy atom. The number of unbranched alkanes of at least 4 members (excludes halogenated alkanes) is 1. The molecule has 108 valence electrons. The van der Waals surface area contributed by atoms with Crippen molar-refractivity contribution in [1.29, 1.82) is 0 Å². The maximum atomic E-state index is 5.79. The van der Waals surface area contributed by atoms with E-state index in [1.165, 1.54) is 24.8 Å². The predicted molar refractivity (Wildman–Crippen MR) is 85.9 cm³/mol. The zero-order valence-corrected chi connectivity index (χ0v) is 12.5. The van der Waals surface area contributed by atoms with Gasteiger partial charge >= 0.3 is 0 Å². The van der Waals surface area contributed by atoms with Gasteiger partial charge in [0.15, 0.2) is 0 Å². The molecular formula is C18H25NO. The minimum absolute atomic E-state index is 0. The van der Waals surface area contributed by atoms with Crippen LogP contribution in [0, 0.1) is 0 Å². The lowest BCUT2D eigenvalue weighted by Crippen LogP contribution is -1.93. The first-order valence-corrected chi connectivity index (χ1v) is 7.12. The summed E-state index contributed by atoms with van der Waals surface area (Å²) in [5.74, 6) is 2.41. The monoisotopic (exact) mass is 271 g/mol. The average molecular weight is 271 g/mol. The summed E-state index contributed by atoms with van der Waals surface area (Å²) in [4.78, 5) is 0. The van der Waals surface area contributed by atoms with E-state index in [0.29, 0.717) is 5.92 Å². The molecule has 2 rings (SSSR count). The fraction of sp³-hybridized carbons (Fsp3) is 0.333.